The zero-order valence-corrected chi connectivity index (χ0v) is 16.4. The molecule has 2 aromatic rings. The second-order valence-corrected chi connectivity index (χ2v) is 8.93. The molecule has 2 heterocycles. The third-order valence-corrected chi connectivity index (χ3v) is 6.75. The van der Waals surface area contributed by atoms with Crippen LogP contribution in [0.1, 0.15) is 18.4 Å². The Morgan fingerprint density at radius 1 is 1.26 bits per heavy atom. The average Bonchev–Trinajstić information content (AvgIpc) is 2.70. The number of hydrogen-bond acceptors (Lipinski definition) is 4. The number of rotatable bonds is 6. The van der Waals surface area contributed by atoms with Gasteiger partial charge >= 0.3 is 0 Å². The van der Waals surface area contributed by atoms with E-state index in [1.807, 2.05) is 24.3 Å². The van der Waals surface area contributed by atoms with Crippen LogP contribution < -0.4 is 5.32 Å². The van der Waals surface area contributed by atoms with E-state index in [0.717, 1.165) is 5.56 Å². The van der Waals surface area contributed by atoms with E-state index in [1.165, 1.54) is 22.8 Å². The summed E-state index contributed by atoms with van der Waals surface area (Å²) in [5, 5.41) is 3.60. The minimum atomic E-state index is -3.62. The molecule has 6 nitrogen and oxygen atoms in total. The van der Waals surface area contributed by atoms with Crippen molar-refractivity contribution in [2.75, 3.05) is 19.6 Å². The predicted octanol–water partition coefficient (Wildman–Crippen LogP) is 2.49. The van der Waals surface area contributed by atoms with Crippen molar-refractivity contribution in [3.63, 3.8) is 0 Å². The fourth-order valence-corrected chi connectivity index (χ4v) is 4.76. The first kappa shape index (κ1) is 19.8. The van der Waals surface area contributed by atoms with Gasteiger partial charge < -0.3 is 5.32 Å². The normalized spacial score (nSPS) is 18.2. The average molecular weight is 408 g/mol. The summed E-state index contributed by atoms with van der Waals surface area (Å²) in [5.74, 6) is -0.439. The van der Waals surface area contributed by atoms with E-state index >= 15 is 0 Å². The van der Waals surface area contributed by atoms with Crippen molar-refractivity contribution in [1.29, 1.82) is 0 Å². The number of hydrogen-bond donors (Lipinski definition) is 1. The molecule has 0 aliphatic carbocycles. The van der Waals surface area contributed by atoms with Gasteiger partial charge in [-0.15, -0.1) is 0 Å². The number of carbonyl (C=O) groups excluding carboxylic acids is 1. The van der Waals surface area contributed by atoms with Gasteiger partial charge in [-0.1, -0.05) is 23.7 Å². The zero-order valence-electron chi connectivity index (χ0n) is 14.8. The first-order valence-corrected chi connectivity index (χ1v) is 10.7. The molecule has 1 aromatic heterocycles. The van der Waals surface area contributed by atoms with Crippen LogP contribution in [0, 0.1) is 5.92 Å². The smallest absolute Gasteiger partial charge is 0.244 e. The molecule has 1 atom stereocenters. The molecule has 27 heavy (non-hydrogen) atoms. The highest BCUT2D eigenvalue weighted by Gasteiger charge is 2.33. The Labute approximate surface area is 164 Å². The van der Waals surface area contributed by atoms with Crippen molar-refractivity contribution in [3.05, 3.63) is 59.4 Å². The number of piperidine rings is 1. The van der Waals surface area contributed by atoms with Crippen LogP contribution in [0.5, 0.6) is 0 Å². The number of halogens is 1. The van der Waals surface area contributed by atoms with Crippen molar-refractivity contribution in [2.24, 2.45) is 5.92 Å². The number of pyridine rings is 1. The van der Waals surface area contributed by atoms with Crippen LogP contribution in [0.3, 0.4) is 0 Å². The largest absolute Gasteiger partial charge is 0.355 e. The van der Waals surface area contributed by atoms with Crippen LogP contribution in [0.2, 0.25) is 5.02 Å². The molecule has 0 spiro atoms. The van der Waals surface area contributed by atoms with Crippen molar-refractivity contribution in [1.82, 2.24) is 14.6 Å². The molecule has 3 rings (SSSR count). The Hall–Kier alpha value is -1.96. The lowest BCUT2D eigenvalue weighted by molar-refractivity contribution is -0.126. The summed E-state index contributed by atoms with van der Waals surface area (Å²) in [6.45, 7) is 1.13. The van der Waals surface area contributed by atoms with Crippen LogP contribution >= 0.6 is 11.6 Å². The predicted molar refractivity (Wildman–Crippen MR) is 104 cm³/mol. The summed E-state index contributed by atoms with van der Waals surface area (Å²) < 4.78 is 26.8. The molecule has 1 N–H and O–H groups in total. The first-order chi connectivity index (χ1) is 13.0. The molecule has 0 bridgehead atoms. The number of benzene rings is 1. The Kier molecular flexibility index (Phi) is 6.46. The summed E-state index contributed by atoms with van der Waals surface area (Å²) in [6, 6.07) is 10.6. The number of nitrogens with one attached hydrogen (secondary N) is 1. The summed E-state index contributed by atoms with van der Waals surface area (Å²) in [6.07, 6.45) is 4.92. The van der Waals surface area contributed by atoms with Crippen molar-refractivity contribution < 1.29 is 13.2 Å². The van der Waals surface area contributed by atoms with E-state index in [0.29, 0.717) is 37.4 Å². The van der Waals surface area contributed by atoms with Gasteiger partial charge in [0.1, 0.15) is 4.90 Å². The lowest BCUT2D eigenvalue weighted by Gasteiger charge is -2.31. The van der Waals surface area contributed by atoms with Crippen molar-refractivity contribution in [3.8, 4) is 0 Å². The SMILES string of the molecule is O=C(NCCc1ccc(Cl)cc1)C1CCCN(S(=O)(=O)c2cccnc2)C1. The summed E-state index contributed by atoms with van der Waals surface area (Å²) in [7, 11) is -3.62. The highest BCUT2D eigenvalue weighted by Crippen LogP contribution is 2.23. The fraction of sp³-hybridized carbons (Fsp3) is 0.368. The maximum atomic E-state index is 12.7. The highest BCUT2D eigenvalue weighted by atomic mass is 35.5. The second kappa shape index (κ2) is 8.82. The van der Waals surface area contributed by atoms with Gasteiger partial charge in [0.2, 0.25) is 15.9 Å². The summed E-state index contributed by atoms with van der Waals surface area (Å²) >= 11 is 5.87. The Balaban J connectivity index is 1.55. The molecule has 1 amide bonds. The molecule has 1 aliphatic heterocycles. The molecular weight excluding hydrogens is 386 g/mol. The lowest BCUT2D eigenvalue weighted by atomic mass is 9.99. The molecule has 1 aromatic carbocycles. The van der Waals surface area contributed by atoms with E-state index in [9.17, 15) is 13.2 Å². The minimum absolute atomic E-state index is 0.102. The van der Waals surface area contributed by atoms with Crippen LogP contribution in [-0.4, -0.2) is 43.2 Å². The molecule has 1 aliphatic rings. The number of amides is 1. The molecule has 8 heteroatoms. The van der Waals surface area contributed by atoms with Gasteiger partial charge in [0.05, 0.1) is 5.92 Å². The maximum Gasteiger partial charge on any atom is 0.244 e. The lowest BCUT2D eigenvalue weighted by Crippen LogP contribution is -2.45. The van der Waals surface area contributed by atoms with Crippen molar-refractivity contribution in [2.45, 2.75) is 24.2 Å². The third-order valence-electron chi connectivity index (χ3n) is 4.65. The van der Waals surface area contributed by atoms with Gasteiger partial charge in [-0.2, -0.15) is 4.31 Å². The van der Waals surface area contributed by atoms with E-state index in [4.69, 9.17) is 11.6 Å². The van der Waals surface area contributed by atoms with E-state index in [-0.39, 0.29) is 23.3 Å². The molecule has 1 unspecified atom stereocenters. The molecular formula is C19H22ClN3O3S. The van der Waals surface area contributed by atoms with Gasteiger partial charge in [-0.3, -0.25) is 9.78 Å². The molecule has 144 valence electrons. The summed E-state index contributed by atoms with van der Waals surface area (Å²) in [4.78, 5) is 16.5. The van der Waals surface area contributed by atoms with E-state index in [2.05, 4.69) is 10.3 Å². The van der Waals surface area contributed by atoms with E-state index < -0.39 is 10.0 Å². The molecule has 0 saturated carbocycles. The number of aromatic nitrogens is 1. The van der Waals surface area contributed by atoms with Crippen molar-refractivity contribution >= 4 is 27.5 Å². The number of nitrogens with zero attached hydrogens (tertiary/aromatic N) is 2. The molecule has 0 radical (unpaired) electrons. The summed E-state index contributed by atoms with van der Waals surface area (Å²) in [5.41, 5.74) is 1.09. The van der Waals surface area contributed by atoms with Gasteiger partial charge in [0.25, 0.3) is 0 Å². The van der Waals surface area contributed by atoms with Gasteiger partial charge in [0.15, 0.2) is 0 Å². The maximum absolute atomic E-state index is 12.7. The third kappa shape index (κ3) is 5.06. The molecule has 1 saturated heterocycles. The number of sulfonamides is 1. The second-order valence-electron chi connectivity index (χ2n) is 6.56. The zero-order chi connectivity index (χ0) is 19.3. The van der Waals surface area contributed by atoms with Gasteiger partial charge in [0, 0.05) is 37.1 Å². The Morgan fingerprint density at radius 2 is 2.04 bits per heavy atom. The topological polar surface area (TPSA) is 79.4 Å². The highest BCUT2D eigenvalue weighted by molar-refractivity contribution is 7.89. The van der Waals surface area contributed by atoms with Gasteiger partial charge in [-0.25, -0.2) is 8.42 Å². The Morgan fingerprint density at radius 3 is 2.74 bits per heavy atom. The monoisotopic (exact) mass is 407 g/mol. The first-order valence-electron chi connectivity index (χ1n) is 8.89. The van der Waals surface area contributed by atoms with Crippen LogP contribution in [0.15, 0.2) is 53.7 Å². The van der Waals surface area contributed by atoms with Gasteiger partial charge in [-0.05, 0) is 49.1 Å². The number of carbonyl (C=O) groups is 1. The van der Waals surface area contributed by atoms with Crippen LogP contribution in [0.4, 0.5) is 0 Å². The van der Waals surface area contributed by atoms with E-state index in [1.54, 1.807) is 6.07 Å². The molecule has 1 fully saturated rings. The standard InChI is InChI=1S/C19H22ClN3O3S/c20-17-7-5-15(6-8-17)9-11-22-19(24)16-3-2-12-23(14-16)27(25,26)18-4-1-10-21-13-18/h1,4-8,10,13,16H,2-3,9,11-12,14H2,(H,22,24). The fourth-order valence-electron chi connectivity index (χ4n) is 3.15. The van der Waals surface area contributed by atoms with Crippen LogP contribution in [0.25, 0.3) is 0 Å². The van der Waals surface area contributed by atoms with Crippen LogP contribution in [-0.2, 0) is 21.2 Å². The minimum Gasteiger partial charge on any atom is -0.355 e. The Bertz CT molecular complexity index is 873. The quantitative estimate of drug-likeness (QED) is 0.797.